The van der Waals surface area contributed by atoms with Crippen molar-refractivity contribution in [1.29, 1.82) is 0 Å². The Kier molecular flexibility index (Phi) is 26.0. The minimum absolute atomic E-state index is 0. The predicted molar refractivity (Wildman–Crippen MR) is 227 cm³/mol. The van der Waals surface area contributed by atoms with Gasteiger partial charge in [-0.15, -0.1) is 0 Å². The van der Waals surface area contributed by atoms with Crippen LogP contribution in [0.5, 0.6) is 0 Å². The molecule has 0 aliphatic carbocycles. The summed E-state index contributed by atoms with van der Waals surface area (Å²) in [6.07, 6.45) is 8.08. The van der Waals surface area contributed by atoms with E-state index in [0.29, 0.717) is 29.6 Å². The molecule has 0 radical (unpaired) electrons. The van der Waals surface area contributed by atoms with Crippen LogP contribution in [0.1, 0.15) is 146 Å². The first-order valence-corrected chi connectivity index (χ1v) is 19.3. The second-order valence-electron chi connectivity index (χ2n) is 15.7. The summed E-state index contributed by atoms with van der Waals surface area (Å²) in [5.74, 6) is 3.53. The van der Waals surface area contributed by atoms with Gasteiger partial charge in [-0.25, -0.2) is 9.15 Å². The molecule has 0 saturated carbocycles. The zero-order chi connectivity index (χ0) is 37.9. The summed E-state index contributed by atoms with van der Waals surface area (Å²) in [4.78, 5) is 9.53. The van der Waals surface area contributed by atoms with Gasteiger partial charge in [0.1, 0.15) is 23.8 Å². The summed E-state index contributed by atoms with van der Waals surface area (Å²) in [5.41, 5.74) is 15.7. The number of hydrogen-bond donors (Lipinski definition) is 0. The van der Waals surface area contributed by atoms with Crippen molar-refractivity contribution < 1.29 is 101 Å². The quantitative estimate of drug-likeness (QED) is 0.115. The summed E-state index contributed by atoms with van der Waals surface area (Å²) in [6.45, 7) is 29.7. The molecule has 0 fully saturated rings. The molecule has 4 nitrogen and oxygen atoms in total. The number of hydrogen-bond acceptors (Lipinski definition) is 2. The summed E-state index contributed by atoms with van der Waals surface area (Å²) < 4.78 is 4.56. The largest absolute Gasteiger partial charge is 1.00 e. The fourth-order valence-corrected chi connectivity index (χ4v) is 7.40. The van der Waals surface area contributed by atoms with Gasteiger partial charge in [0.05, 0.1) is 12.4 Å². The van der Waals surface area contributed by atoms with Gasteiger partial charge in [-0.2, -0.15) is 0 Å². The fourth-order valence-electron chi connectivity index (χ4n) is 7.40. The van der Waals surface area contributed by atoms with E-state index in [1.807, 2.05) is 24.5 Å². The van der Waals surface area contributed by atoms with Gasteiger partial charge in [-0.1, -0.05) is 93.5 Å². The van der Waals surface area contributed by atoms with Crippen LogP contribution in [0, 0.1) is 6.92 Å². The van der Waals surface area contributed by atoms with E-state index in [4.69, 9.17) is 9.97 Å². The topological polar surface area (TPSA) is 31.8 Å². The molecule has 2 aromatic heterocycles. The third kappa shape index (κ3) is 12.6. The summed E-state index contributed by atoms with van der Waals surface area (Å²) in [6, 6.07) is 27.0. The second kappa shape index (κ2) is 25.9. The first-order chi connectivity index (χ1) is 24.8. The second-order valence-corrected chi connectivity index (χ2v) is 15.7. The maximum atomic E-state index is 4.76. The van der Waals surface area contributed by atoms with Gasteiger partial charge in [-0.05, 0) is 130 Å². The Labute approximate surface area is 412 Å². The van der Waals surface area contributed by atoms with E-state index in [9.17, 15) is 0 Å². The Bertz CT molecular complexity index is 1910. The van der Waals surface area contributed by atoms with Gasteiger partial charge >= 0.3 is 11.6 Å². The van der Waals surface area contributed by atoms with Crippen molar-refractivity contribution in [3.8, 4) is 22.3 Å². The van der Waals surface area contributed by atoms with Crippen LogP contribution in [0.25, 0.3) is 22.3 Å². The molecular weight excluding hydrogens is 1070 g/mol. The average molecular weight is 1130 g/mol. The minimum Gasteiger partial charge on any atom is -1.00 e. The van der Waals surface area contributed by atoms with E-state index < -0.39 is 0 Å². The average Bonchev–Trinajstić information content (AvgIpc) is 3.12. The minimum atomic E-state index is 0. The molecular formula is C48H60Br4N4Ni2-2. The Balaban J connectivity index is 0. The normalized spacial score (nSPS) is 11.3. The van der Waals surface area contributed by atoms with Gasteiger partial charge < -0.3 is 67.9 Å². The van der Waals surface area contributed by atoms with E-state index in [0.717, 1.165) is 11.6 Å². The maximum Gasteiger partial charge on any atom is 0.327 e. The van der Waals surface area contributed by atoms with E-state index >= 15 is 0 Å². The van der Waals surface area contributed by atoms with Gasteiger partial charge in [0.15, 0.2) is 0 Å². The molecule has 2 heterocycles. The van der Waals surface area contributed by atoms with E-state index in [1.165, 1.54) is 67.0 Å². The number of rotatable bonds is 11. The predicted octanol–water partition coefficient (Wildman–Crippen LogP) is 1.60. The van der Waals surface area contributed by atoms with Crippen LogP contribution in [0.3, 0.4) is 0 Å². The van der Waals surface area contributed by atoms with Crippen molar-refractivity contribution in [2.45, 2.75) is 120 Å². The van der Waals surface area contributed by atoms with Crippen molar-refractivity contribution in [2.24, 2.45) is 0 Å². The first-order valence-electron chi connectivity index (χ1n) is 19.3. The van der Waals surface area contributed by atoms with Gasteiger partial charge in [-0.3, -0.25) is 0 Å². The Morgan fingerprint density at radius 2 is 0.776 bits per heavy atom. The molecule has 0 unspecified atom stereocenters. The summed E-state index contributed by atoms with van der Waals surface area (Å²) >= 11 is 0. The molecule has 3 aromatic carbocycles. The van der Waals surface area contributed by atoms with Crippen LogP contribution in [0.2, 0.25) is 0 Å². The van der Waals surface area contributed by atoms with Gasteiger partial charge in [0.2, 0.25) is 0 Å². The number of benzene rings is 3. The van der Waals surface area contributed by atoms with Crippen LogP contribution in [-0.2, 0) is 33.0 Å². The van der Waals surface area contributed by atoms with E-state index in [2.05, 4.69) is 172 Å². The van der Waals surface area contributed by atoms with Crippen molar-refractivity contribution in [3.63, 3.8) is 0 Å². The fraction of sp³-hybridized carbons (Fsp3) is 0.375. The third-order valence-corrected chi connectivity index (χ3v) is 10.3. The zero-order valence-corrected chi connectivity index (χ0v) is 44.4. The van der Waals surface area contributed by atoms with Crippen LogP contribution >= 0.6 is 0 Å². The molecule has 0 amide bonds. The molecule has 0 bridgehead atoms. The van der Waals surface area contributed by atoms with Crippen LogP contribution in [0.4, 0.5) is 23.0 Å². The van der Waals surface area contributed by atoms with Gasteiger partial charge in [0, 0.05) is 67.4 Å². The number of pyridine rings is 2. The number of nitrogens with zero attached hydrogens (tertiary/aromatic N) is 4. The molecule has 0 saturated heterocycles. The molecule has 0 aliphatic rings. The van der Waals surface area contributed by atoms with E-state index in [1.54, 1.807) is 0 Å². The monoisotopic (exact) mass is 1120 g/mol. The molecule has 10 heteroatoms. The number of aromatic nitrogens is 2. The molecule has 5 rings (SSSR count). The molecule has 5 aromatic rings. The van der Waals surface area contributed by atoms with Crippen molar-refractivity contribution >= 4 is 35.4 Å². The van der Waals surface area contributed by atoms with Crippen LogP contribution in [-0.4, -0.2) is 22.4 Å². The SMILES string of the molecule is CC=[N+](c1ccccn1)c1c(C(C)C)cc(-c2cc(C(C)C)cc(-c3cc(C(C)C)c([N+](=CC)c4ccccn4)c(C(C)C)c3)c2C)cc1C(C)C.[Br-].[Br-].[Br-].[Br-].[Ni].[Ni]. The molecule has 0 atom stereocenters. The Hall–Kier alpha value is -1.79. The van der Waals surface area contributed by atoms with Crippen LogP contribution < -0.4 is 77.1 Å². The summed E-state index contributed by atoms with van der Waals surface area (Å²) in [7, 11) is 0. The third-order valence-electron chi connectivity index (χ3n) is 10.3. The smallest absolute Gasteiger partial charge is 0.327 e. The summed E-state index contributed by atoms with van der Waals surface area (Å²) in [5, 5.41) is 0. The van der Waals surface area contributed by atoms with Crippen LogP contribution in [0.15, 0.2) is 85.2 Å². The van der Waals surface area contributed by atoms with Crippen molar-refractivity contribution in [2.75, 3.05) is 0 Å². The van der Waals surface area contributed by atoms with Gasteiger partial charge in [0.25, 0.3) is 0 Å². The van der Waals surface area contributed by atoms with Crippen molar-refractivity contribution in [1.82, 2.24) is 19.1 Å². The first kappa shape index (κ1) is 58.3. The molecule has 322 valence electrons. The maximum absolute atomic E-state index is 4.76. The molecule has 0 spiro atoms. The van der Waals surface area contributed by atoms with E-state index in [-0.39, 0.29) is 101 Å². The number of halogens is 4. The zero-order valence-electron chi connectivity index (χ0n) is 36.1. The molecule has 58 heavy (non-hydrogen) atoms. The Morgan fingerprint density at radius 3 is 1.00 bits per heavy atom. The standard InChI is InChI=1S/C48H60N4.4BrH.2Ni/c1-14-51(45-20-16-18-22-49-45)47-39(31(5)6)26-37(27-40(47)32(7)8)43-24-36(30(3)4)25-44(35(43)13)38-28-41(33(9)10)48(42(29-38)34(11)12)52(15-2)46-21-17-19-23-50-46;;;;;;/h14-34H,1-13H3;4*1H;;/q+2;;;;;;/p-4. The Morgan fingerprint density at radius 1 is 0.466 bits per heavy atom. The molecule has 0 N–H and O–H groups in total. The molecule has 0 aliphatic heterocycles. The van der Waals surface area contributed by atoms with Crippen molar-refractivity contribution in [3.05, 3.63) is 119 Å².